The fraction of sp³-hybridized carbons (Fsp3) is 0.286. The Balaban J connectivity index is 1.51. The van der Waals surface area contributed by atoms with Gasteiger partial charge in [0.2, 0.25) is 11.7 Å². The van der Waals surface area contributed by atoms with Gasteiger partial charge in [-0.05, 0) is 37.1 Å². The molecule has 1 amide bonds. The third-order valence-corrected chi connectivity index (χ3v) is 4.92. The lowest BCUT2D eigenvalue weighted by Crippen LogP contribution is -2.39. The fourth-order valence-electron chi connectivity index (χ4n) is 3.52. The first kappa shape index (κ1) is 19.9. The third kappa shape index (κ3) is 4.29. The third-order valence-electron chi connectivity index (χ3n) is 4.92. The van der Waals surface area contributed by atoms with Crippen molar-refractivity contribution in [1.29, 1.82) is 0 Å². The molecule has 1 aromatic heterocycles. The van der Waals surface area contributed by atoms with Crippen LogP contribution in [0, 0.1) is 5.82 Å². The SMILES string of the molecule is O=C(c1ccccc1OC(F)F)N1CCCC(c2nc(-c3cccc(F)c3)no2)C1. The molecular weight excluding hydrogens is 399 g/mol. The summed E-state index contributed by atoms with van der Waals surface area (Å²) in [4.78, 5) is 18.9. The summed E-state index contributed by atoms with van der Waals surface area (Å²) < 4.78 is 48.6. The second-order valence-electron chi connectivity index (χ2n) is 6.93. The number of amides is 1. The van der Waals surface area contributed by atoms with Gasteiger partial charge in [-0.2, -0.15) is 13.8 Å². The molecule has 0 spiro atoms. The molecule has 6 nitrogen and oxygen atoms in total. The number of benzene rings is 2. The molecule has 1 aliphatic heterocycles. The van der Waals surface area contributed by atoms with Crippen molar-refractivity contribution < 1.29 is 27.2 Å². The van der Waals surface area contributed by atoms with Crippen molar-refractivity contribution in [1.82, 2.24) is 15.0 Å². The van der Waals surface area contributed by atoms with Gasteiger partial charge in [-0.15, -0.1) is 0 Å². The van der Waals surface area contributed by atoms with E-state index in [1.165, 1.54) is 30.3 Å². The van der Waals surface area contributed by atoms with Crippen molar-refractivity contribution >= 4 is 5.91 Å². The van der Waals surface area contributed by atoms with Gasteiger partial charge in [0.1, 0.15) is 11.6 Å². The van der Waals surface area contributed by atoms with Gasteiger partial charge in [0.25, 0.3) is 5.91 Å². The highest BCUT2D eigenvalue weighted by Crippen LogP contribution is 2.30. The average Bonchev–Trinajstić information content (AvgIpc) is 3.24. The predicted octanol–water partition coefficient (Wildman–Crippen LogP) is 4.50. The first-order valence-corrected chi connectivity index (χ1v) is 9.44. The van der Waals surface area contributed by atoms with Crippen LogP contribution in [0.15, 0.2) is 53.1 Å². The highest BCUT2D eigenvalue weighted by atomic mass is 19.3. The number of aromatic nitrogens is 2. The van der Waals surface area contributed by atoms with Crippen LogP contribution >= 0.6 is 0 Å². The Labute approximate surface area is 170 Å². The molecule has 1 aliphatic rings. The molecule has 1 unspecified atom stereocenters. The van der Waals surface area contributed by atoms with E-state index in [1.54, 1.807) is 23.1 Å². The number of hydrogen-bond donors (Lipinski definition) is 0. The molecule has 1 saturated heterocycles. The number of carbonyl (C=O) groups is 1. The molecule has 2 aromatic carbocycles. The lowest BCUT2D eigenvalue weighted by Gasteiger charge is -2.31. The van der Waals surface area contributed by atoms with Crippen molar-refractivity contribution in [3.8, 4) is 17.1 Å². The fourth-order valence-corrected chi connectivity index (χ4v) is 3.52. The maximum absolute atomic E-state index is 13.4. The minimum atomic E-state index is -3.02. The molecule has 0 bridgehead atoms. The minimum absolute atomic E-state index is 0.0735. The Hall–Kier alpha value is -3.36. The number of piperidine rings is 1. The Morgan fingerprint density at radius 2 is 2.03 bits per heavy atom. The number of para-hydroxylation sites is 1. The zero-order valence-corrected chi connectivity index (χ0v) is 15.8. The number of carbonyl (C=O) groups excluding carboxylic acids is 1. The molecule has 2 heterocycles. The number of nitrogens with zero attached hydrogens (tertiary/aromatic N) is 3. The molecule has 30 heavy (non-hydrogen) atoms. The summed E-state index contributed by atoms with van der Waals surface area (Å²) in [6.07, 6.45) is 1.41. The van der Waals surface area contributed by atoms with E-state index in [-0.39, 0.29) is 23.1 Å². The van der Waals surface area contributed by atoms with Crippen molar-refractivity contribution in [3.63, 3.8) is 0 Å². The Morgan fingerprint density at radius 1 is 1.20 bits per heavy atom. The van der Waals surface area contributed by atoms with Crippen LogP contribution in [0.3, 0.4) is 0 Å². The van der Waals surface area contributed by atoms with Gasteiger partial charge in [0.15, 0.2) is 0 Å². The van der Waals surface area contributed by atoms with Crippen LogP contribution in [0.4, 0.5) is 13.2 Å². The van der Waals surface area contributed by atoms with Crippen LogP contribution in [0.25, 0.3) is 11.4 Å². The molecular formula is C21H18F3N3O3. The van der Waals surface area contributed by atoms with Gasteiger partial charge < -0.3 is 14.2 Å². The molecule has 1 atom stereocenters. The largest absolute Gasteiger partial charge is 0.434 e. The van der Waals surface area contributed by atoms with E-state index >= 15 is 0 Å². The number of alkyl halides is 2. The molecule has 9 heteroatoms. The van der Waals surface area contributed by atoms with E-state index in [4.69, 9.17) is 4.52 Å². The second kappa shape index (κ2) is 8.56. The maximum Gasteiger partial charge on any atom is 0.387 e. The molecule has 0 saturated carbocycles. The van der Waals surface area contributed by atoms with Crippen molar-refractivity contribution in [2.24, 2.45) is 0 Å². The maximum atomic E-state index is 13.4. The summed E-state index contributed by atoms with van der Waals surface area (Å²) in [7, 11) is 0. The van der Waals surface area contributed by atoms with Gasteiger partial charge in [0, 0.05) is 18.7 Å². The number of likely N-dealkylation sites (tertiary alicyclic amines) is 1. The zero-order chi connectivity index (χ0) is 21.1. The van der Waals surface area contributed by atoms with Crippen LogP contribution < -0.4 is 4.74 Å². The normalized spacial score (nSPS) is 16.7. The van der Waals surface area contributed by atoms with Crippen molar-refractivity contribution in [2.45, 2.75) is 25.4 Å². The van der Waals surface area contributed by atoms with E-state index in [2.05, 4.69) is 14.9 Å². The van der Waals surface area contributed by atoms with Crippen LogP contribution in [-0.2, 0) is 0 Å². The second-order valence-corrected chi connectivity index (χ2v) is 6.93. The highest BCUT2D eigenvalue weighted by Gasteiger charge is 2.30. The number of rotatable bonds is 5. The Kier molecular flexibility index (Phi) is 5.69. The Morgan fingerprint density at radius 3 is 2.83 bits per heavy atom. The topological polar surface area (TPSA) is 68.5 Å². The molecule has 0 aliphatic carbocycles. The monoisotopic (exact) mass is 417 g/mol. The molecule has 4 rings (SSSR count). The highest BCUT2D eigenvalue weighted by molar-refractivity contribution is 5.97. The van der Waals surface area contributed by atoms with E-state index in [9.17, 15) is 18.0 Å². The van der Waals surface area contributed by atoms with Crippen molar-refractivity contribution in [2.75, 3.05) is 13.1 Å². The smallest absolute Gasteiger partial charge is 0.387 e. The summed E-state index contributed by atoms with van der Waals surface area (Å²) in [5.74, 6) is -0.558. The van der Waals surface area contributed by atoms with Crippen LogP contribution in [0.5, 0.6) is 5.75 Å². The Bertz CT molecular complexity index is 1040. The average molecular weight is 417 g/mol. The number of halogens is 3. The van der Waals surface area contributed by atoms with Gasteiger partial charge >= 0.3 is 6.61 Å². The molecule has 156 valence electrons. The van der Waals surface area contributed by atoms with Crippen molar-refractivity contribution in [3.05, 3.63) is 65.8 Å². The summed E-state index contributed by atoms with van der Waals surface area (Å²) in [5, 5.41) is 3.92. The van der Waals surface area contributed by atoms with E-state index < -0.39 is 18.3 Å². The van der Waals surface area contributed by atoms with Gasteiger partial charge in [-0.25, -0.2) is 4.39 Å². The van der Waals surface area contributed by atoms with Gasteiger partial charge in [-0.3, -0.25) is 4.79 Å². The number of ether oxygens (including phenoxy) is 1. The first-order valence-electron chi connectivity index (χ1n) is 9.44. The molecule has 1 fully saturated rings. The van der Waals surface area contributed by atoms with E-state index in [0.717, 1.165) is 6.42 Å². The van der Waals surface area contributed by atoms with Gasteiger partial charge in [-0.1, -0.05) is 29.4 Å². The first-order chi connectivity index (χ1) is 14.5. The number of hydrogen-bond acceptors (Lipinski definition) is 5. The van der Waals surface area contributed by atoms with Crippen LogP contribution in [0.1, 0.15) is 35.0 Å². The minimum Gasteiger partial charge on any atom is -0.434 e. The predicted molar refractivity (Wildman–Crippen MR) is 101 cm³/mol. The summed E-state index contributed by atoms with van der Waals surface area (Å²) in [6.45, 7) is -2.25. The van der Waals surface area contributed by atoms with Crippen LogP contribution in [0.2, 0.25) is 0 Å². The lowest BCUT2D eigenvalue weighted by molar-refractivity contribution is -0.0503. The lowest BCUT2D eigenvalue weighted by atomic mass is 9.97. The summed E-state index contributed by atoms with van der Waals surface area (Å²) >= 11 is 0. The van der Waals surface area contributed by atoms with Gasteiger partial charge in [0.05, 0.1) is 11.5 Å². The molecule has 3 aromatic rings. The van der Waals surface area contributed by atoms with E-state index in [0.29, 0.717) is 31.0 Å². The molecule has 0 radical (unpaired) electrons. The quantitative estimate of drug-likeness (QED) is 0.612. The van der Waals surface area contributed by atoms with Crippen LogP contribution in [-0.4, -0.2) is 40.6 Å². The summed E-state index contributed by atoms with van der Waals surface area (Å²) in [6, 6.07) is 11.8. The molecule has 0 N–H and O–H groups in total. The summed E-state index contributed by atoms with van der Waals surface area (Å²) in [5.41, 5.74) is 0.566. The zero-order valence-electron chi connectivity index (χ0n) is 15.8. The standard InChI is InChI=1S/C21H18F3N3O3/c22-15-7-3-5-13(11-15)18-25-19(30-26-18)14-6-4-10-27(12-14)20(28)16-8-1-2-9-17(16)29-21(23)24/h1-3,5,7-9,11,14,21H,4,6,10,12H2. The van der Waals surface area contributed by atoms with E-state index in [1.807, 2.05) is 0 Å².